The summed E-state index contributed by atoms with van der Waals surface area (Å²) in [6, 6.07) is 9.98. The normalized spacial score (nSPS) is 23.6. The fourth-order valence-electron chi connectivity index (χ4n) is 3.89. The average Bonchev–Trinajstić information content (AvgIpc) is 3.27. The molecule has 0 saturated carbocycles. The Labute approximate surface area is 157 Å². The minimum atomic E-state index is -4.16. The van der Waals surface area contributed by atoms with E-state index in [1.807, 2.05) is 18.2 Å². The van der Waals surface area contributed by atoms with E-state index in [-0.39, 0.29) is 11.9 Å². The first-order valence-corrected chi connectivity index (χ1v) is 9.50. The molecule has 2 N–H and O–H groups in total. The summed E-state index contributed by atoms with van der Waals surface area (Å²) in [5.74, 6) is 0.489. The molecule has 0 aromatic heterocycles. The van der Waals surface area contributed by atoms with Gasteiger partial charge in [-0.25, -0.2) is 4.79 Å². The van der Waals surface area contributed by atoms with Crippen molar-refractivity contribution in [3.05, 3.63) is 30.3 Å². The summed E-state index contributed by atoms with van der Waals surface area (Å²) in [6.07, 6.45) is -2.44. The van der Waals surface area contributed by atoms with Gasteiger partial charge in [-0.15, -0.1) is 0 Å². The van der Waals surface area contributed by atoms with Crippen LogP contribution in [-0.2, 0) is 0 Å². The van der Waals surface area contributed by atoms with E-state index in [2.05, 4.69) is 27.7 Å². The summed E-state index contributed by atoms with van der Waals surface area (Å²) >= 11 is 0. The maximum Gasteiger partial charge on any atom is 0.401 e. The fourth-order valence-corrected chi connectivity index (χ4v) is 3.89. The molecule has 2 fully saturated rings. The molecule has 27 heavy (non-hydrogen) atoms. The number of carbonyl (C=O) groups excluding carboxylic acids is 1. The van der Waals surface area contributed by atoms with Crippen LogP contribution in [0, 0.1) is 11.8 Å². The lowest BCUT2D eigenvalue weighted by molar-refractivity contribution is -0.143. The van der Waals surface area contributed by atoms with Gasteiger partial charge in [0.1, 0.15) is 0 Å². The molecule has 1 aromatic rings. The second-order valence-electron chi connectivity index (χ2n) is 7.53. The molecule has 1 aromatic carbocycles. The summed E-state index contributed by atoms with van der Waals surface area (Å²) in [5.41, 5.74) is 1.20. The molecule has 2 aliphatic rings. The molecule has 2 heterocycles. The third-order valence-electron chi connectivity index (χ3n) is 5.28. The Morgan fingerprint density at radius 3 is 2.30 bits per heavy atom. The Kier molecular flexibility index (Phi) is 6.46. The molecular formula is C19H27F3N4O. The molecule has 2 atom stereocenters. The maximum absolute atomic E-state index is 12.4. The van der Waals surface area contributed by atoms with Crippen molar-refractivity contribution in [3.8, 4) is 0 Å². The van der Waals surface area contributed by atoms with Crippen LogP contribution < -0.4 is 15.5 Å². The molecule has 0 bridgehead atoms. The van der Waals surface area contributed by atoms with Gasteiger partial charge >= 0.3 is 12.2 Å². The second kappa shape index (κ2) is 8.82. The van der Waals surface area contributed by atoms with Crippen molar-refractivity contribution in [2.75, 3.05) is 50.7 Å². The van der Waals surface area contributed by atoms with Crippen LogP contribution in [0.5, 0.6) is 0 Å². The summed E-state index contributed by atoms with van der Waals surface area (Å²) < 4.78 is 37.2. The van der Waals surface area contributed by atoms with E-state index in [9.17, 15) is 18.0 Å². The van der Waals surface area contributed by atoms with Crippen LogP contribution in [0.3, 0.4) is 0 Å². The first kappa shape index (κ1) is 19.8. The van der Waals surface area contributed by atoms with E-state index in [1.165, 1.54) is 10.6 Å². The fraction of sp³-hybridized carbons (Fsp3) is 0.632. The lowest BCUT2D eigenvalue weighted by Crippen LogP contribution is -2.41. The molecular weight excluding hydrogens is 357 g/mol. The number of carbonyl (C=O) groups is 1. The highest BCUT2D eigenvalue weighted by atomic mass is 19.4. The Morgan fingerprint density at radius 2 is 1.63 bits per heavy atom. The lowest BCUT2D eigenvalue weighted by Gasteiger charge is -2.19. The van der Waals surface area contributed by atoms with Gasteiger partial charge < -0.3 is 15.5 Å². The summed E-state index contributed by atoms with van der Waals surface area (Å²) in [5, 5.41) is 5.70. The van der Waals surface area contributed by atoms with Crippen LogP contribution in [0.25, 0.3) is 0 Å². The van der Waals surface area contributed by atoms with Crippen LogP contribution in [0.2, 0.25) is 0 Å². The van der Waals surface area contributed by atoms with E-state index in [0.29, 0.717) is 38.5 Å². The minimum absolute atomic E-state index is 0.0816. The molecule has 0 radical (unpaired) electrons. The smallest absolute Gasteiger partial charge is 0.371 e. The predicted octanol–water partition coefficient (Wildman–Crippen LogP) is 2.70. The average molecular weight is 384 g/mol. The first-order valence-electron chi connectivity index (χ1n) is 9.50. The summed E-state index contributed by atoms with van der Waals surface area (Å²) in [6.45, 7) is 2.88. The van der Waals surface area contributed by atoms with E-state index >= 15 is 0 Å². The quantitative estimate of drug-likeness (QED) is 0.793. The zero-order valence-electron chi connectivity index (χ0n) is 15.3. The number of para-hydroxylation sites is 1. The van der Waals surface area contributed by atoms with Gasteiger partial charge in [0.15, 0.2) is 0 Å². The molecule has 0 aliphatic carbocycles. The molecule has 0 spiro atoms. The van der Waals surface area contributed by atoms with Gasteiger partial charge in [0.25, 0.3) is 0 Å². The van der Waals surface area contributed by atoms with Crippen molar-refractivity contribution in [2.24, 2.45) is 11.8 Å². The molecule has 150 valence electrons. The monoisotopic (exact) mass is 384 g/mol. The van der Waals surface area contributed by atoms with E-state index in [4.69, 9.17) is 0 Å². The van der Waals surface area contributed by atoms with Crippen LogP contribution >= 0.6 is 0 Å². The lowest BCUT2D eigenvalue weighted by atomic mass is 10.1. The number of alkyl halides is 3. The second-order valence-corrected chi connectivity index (χ2v) is 7.53. The van der Waals surface area contributed by atoms with Gasteiger partial charge in [0.05, 0.1) is 6.54 Å². The van der Waals surface area contributed by atoms with Gasteiger partial charge in [0, 0.05) is 38.4 Å². The highest BCUT2D eigenvalue weighted by Gasteiger charge is 2.34. The van der Waals surface area contributed by atoms with Gasteiger partial charge in [-0.05, 0) is 43.4 Å². The topological polar surface area (TPSA) is 47.6 Å². The minimum Gasteiger partial charge on any atom is -0.371 e. The zero-order chi connectivity index (χ0) is 19.3. The number of likely N-dealkylation sites (tertiary alicyclic amines) is 1. The first-order chi connectivity index (χ1) is 12.9. The van der Waals surface area contributed by atoms with Gasteiger partial charge in [-0.1, -0.05) is 18.2 Å². The molecule has 2 aliphatic heterocycles. The van der Waals surface area contributed by atoms with E-state index in [0.717, 1.165) is 19.5 Å². The van der Waals surface area contributed by atoms with Gasteiger partial charge in [0.2, 0.25) is 0 Å². The molecule has 5 nitrogen and oxygen atoms in total. The highest BCUT2D eigenvalue weighted by Crippen LogP contribution is 2.23. The van der Waals surface area contributed by atoms with E-state index < -0.39 is 12.7 Å². The number of hydrogen-bond acceptors (Lipinski definition) is 3. The van der Waals surface area contributed by atoms with Crippen LogP contribution in [0.1, 0.15) is 12.8 Å². The molecule has 2 amide bonds. The van der Waals surface area contributed by atoms with Crippen LogP contribution in [0.4, 0.5) is 23.7 Å². The van der Waals surface area contributed by atoms with Crippen molar-refractivity contribution in [1.82, 2.24) is 15.5 Å². The van der Waals surface area contributed by atoms with Crippen molar-refractivity contribution >= 4 is 11.7 Å². The summed E-state index contributed by atoms with van der Waals surface area (Å²) in [4.78, 5) is 15.7. The number of benzene rings is 1. The zero-order valence-corrected chi connectivity index (χ0v) is 15.3. The van der Waals surface area contributed by atoms with Crippen molar-refractivity contribution in [1.29, 1.82) is 0 Å². The van der Waals surface area contributed by atoms with E-state index in [1.54, 1.807) is 0 Å². The molecule has 0 unspecified atom stereocenters. The van der Waals surface area contributed by atoms with Crippen molar-refractivity contribution in [2.45, 2.75) is 19.0 Å². The third kappa shape index (κ3) is 6.30. The van der Waals surface area contributed by atoms with Crippen molar-refractivity contribution < 1.29 is 18.0 Å². The Bertz CT molecular complexity index is 611. The van der Waals surface area contributed by atoms with Gasteiger partial charge in [-0.3, -0.25) is 4.90 Å². The molecule has 2 saturated heterocycles. The SMILES string of the molecule is O=C(NC[C@@H]1CCN(CC(F)(F)F)C1)NC[C@@H]1CCN(c2ccccc2)C1. The number of rotatable bonds is 6. The largest absolute Gasteiger partial charge is 0.401 e. The number of amides is 2. The Morgan fingerprint density at radius 1 is 1.00 bits per heavy atom. The standard InChI is InChI=1S/C19H27F3N4O/c20-19(21,22)14-25-8-6-15(12-25)10-23-18(27)24-11-16-7-9-26(13-16)17-4-2-1-3-5-17/h1-5,15-16H,6-14H2,(H2,23,24,27)/t15-,16-/m0/s1. The number of urea groups is 1. The maximum atomic E-state index is 12.4. The van der Waals surface area contributed by atoms with Crippen LogP contribution in [0.15, 0.2) is 30.3 Å². The predicted molar refractivity (Wildman–Crippen MR) is 98.8 cm³/mol. The number of halogens is 3. The molecule has 3 rings (SSSR count). The Hall–Kier alpha value is -1.96. The summed E-state index contributed by atoms with van der Waals surface area (Å²) in [7, 11) is 0. The number of nitrogens with one attached hydrogen (secondary N) is 2. The number of hydrogen-bond donors (Lipinski definition) is 2. The number of anilines is 1. The van der Waals surface area contributed by atoms with Crippen LogP contribution in [-0.4, -0.2) is 62.9 Å². The van der Waals surface area contributed by atoms with Gasteiger partial charge in [-0.2, -0.15) is 13.2 Å². The highest BCUT2D eigenvalue weighted by molar-refractivity contribution is 5.73. The van der Waals surface area contributed by atoms with Crippen molar-refractivity contribution in [3.63, 3.8) is 0 Å². The Balaban J connectivity index is 1.31. The number of nitrogens with zero attached hydrogens (tertiary/aromatic N) is 2. The molecule has 8 heteroatoms. The third-order valence-corrected chi connectivity index (χ3v) is 5.28.